The smallest absolute Gasteiger partial charge is 0.328 e. The lowest BCUT2D eigenvalue weighted by Gasteiger charge is -2.31. The van der Waals surface area contributed by atoms with Crippen molar-refractivity contribution in [3.8, 4) is 0 Å². The molecule has 1 aliphatic heterocycles. The number of nitrogens with one attached hydrogen (secondary N) is 1. The predicted molar refractivity (Wildman–Crippen MR) is 108 cm³/mol. The number of aliphatic hydroxyl groups is 1. The quantitative estimate of drug-likeness (QED) is 0.489. The molecule has 142 valence electrons. The van der Waals surface area contributed by atoms with E-state index in [0.717, 1.165) is 49.0 Å². The molecule has 0 bridgehead atoms. The summed E-state index contributed by atoms with van der Waals surface area (Å²) in [5, 5.41) is 22.2. The summed E-state index contributed by atoms with van der Waals surface area (Å²) < 4.78 is 0. The van der Waals surface area contributed by atoms with Gasteiger partial charge in [0.2, 0.25) is 0 Å². The largest absolute Gasteiger partial charge is 0.510 e. The zero-order valence-electron chi connectivity index (χ0n) is 15.0. The van der Waals surface area contributed by atoms with Gasteiger partial charge in [-0.05, 0) is 42.7 Å². The van der Waals surface area contributed by atoms with Crippen LogP contribution >= 0.6 is 11.6 Å². The van der Waals surface area contributed by atoms with Crippen molar-refractivity contribution in [3.63, 3.8) is 0 Å². The van der Waals surface area contributed by atoms with E-state index in [0.29, 0.717) is 18.0 Å². The van der Waals surface area contributed by atoms with E-state index in [-0.39, 0.29) is 5.76 Å². The number of carboxylic acids is 1. The maximum absolute atomic E-state index is 10.5. The summed E-state index contributed by atoms with van der Waals surface area (Å²) in [7, 11) is 0. The van der Waals surface area contributed by atoms with Crippen LogP contribution in [-0.2, 0) is 11.2 Å². The molecule has 0 fully saturated rings. The van der Waals surface area contributed by atoms with Crippen molar-refractivity contribution in [2.45, 2.75) is 19.3 Å². The molecule has 0 saturated carbocycles. The van der Waals surface area contributed by atoms with Crippen LogP contribution in [0, 0.1) is 0 Å². The van der Waals surface area contributed by atoms with Crippen molar-refractivity contribution in [2.75, 3.05) is 24.5 Å². The summed E-state index contributed by atoms with van der Waals surface area (Å²) in [6, 6.07) is 8.31. The van der Waals surface area contributed by atoms with E-state index in [9.17, 15) is 9.90 Å². The van der Waals surface area contributed by atoms with Gasteiger partial charge in [0.25, 0.3) is 0 Å². The number of halogens is 1. The van der Waals surface area contributed by atoms with Gasteiger partial charge < -0.3 is 20.4 Å². The fourth-order valence-electron chi connectivity index (χ4n) is 3.34. The number of hydrogen-bond acceptors (Lipinski definition) is 4. The van der Waals surface area contributed by atoms with Crippen LogP contribution in [0.15, 0.2) is 70.6 Å². The molecule has 1 aromatic carbocycles. The molecule has 0 atom stereocenters. The highest BCUT2D eigenvalue weighted by Crippen LogP contribution is 2.38. The van der Waals surface area contributed by atoms with Crippen molar-refractivity contribution >= 4 is 23.3 Å². The van der Waals surface area contributed by atoms with Crippen LogP contribution < -0.4 is 10.2 Å². The molecule has 5 nitrogen and oxygen atoms in total. The molecule has 0 saturated heterocycles. The second kappa shape index (κ2) is 8.93. The number of aliphatic hydroxyl groups excluding tert-OH is 1. The molecule has 1 heterocycles. The van der Waals surface area contributed by atoms with Crippen molar-refractivity contribution in [1.82, 2.24) is 5.32 Å². The molecule has 0 spiro atoms. The van der Waals surface area contributed by atoms with Gasteiger partial charge in [0.15, 0.2) is 0 Å². The van der Waals surface area contributed by atoms with Crippen LogP contribution in [-0.4, -0.2) is 35.8 Å². The van der Waals surface area contributed by atoms with Crippen molar-refractivity contribution in [2.24, 2.45) is 0 Å². The minimum absolute atomic E-state index is 0.212. The second-order valence-corrected chi connectivity index (χ2v) is 6.92. The lowest BCUT2D eigenvalue weighted by Crippen LogP contribution is -2.29. The highest BCUT2D eigenvalue weighted by atomic mass is 35.5. The Morgan fingerprint density at radius 1 is 1.33 bits per heavy atom. The highest BCUT2D eigenvalue weighted by molar-refractivity contribution is 6.31. The minimum atomic E-state index is -0.935. The van der Waals surface area contributed by atoms with E-state index >= 15 is 0 Å². The molecule has 1 aromatic rings. The van der Waals surface area contributed by atoms with Gasteiger partial charge in [-0.25, -0.2) is 4.79 Å². The lowest BCUT2D eigenvalue weighted by atomic mass is 10.0. The van der Waals surface area contributed by atoms with Gasteiger partial charge in [0.05, 0.1) is 5.03 Å². The number of anilines is 1. The van der Waals surface area contributed by atoms with E-state index < -0.39 is 5.97 Å². The highest BCUT2D eigenvalue weighted by Gasteiger charge is 2.25. The molecule has 1 aliphatic carbocycles. The number of fused-ring (bicyclic) bond motifs is 2. The summed E-state index contributed by atoms with van der Waals surface area (Å²) in [5.74, 6) is -0.723. The fourth-order valence-corrected chi connectivity index (χ4v) is 3.51. The third-order valence-corrected chi connectivity index (χ3v) is 4.95. The third-order valence-electron chi connectivity index (χ3n) is 4.63. The average molecular weight is 387 g/mol. The van der Waals surface area contributed by atoms with Crippen LogP contribution in [0.4, 0.5) is 5.69 Å². The molecule has 6 heteroatoms. The summed E-state index contributed by atoms with van der Waals surface area (Å²) >= 11 is 6.21. The van der Waals surface area contributed by atoms with Gasteiger partial charge in [-0.3, -0.25) is 0 Å². The molecule has 2 aliphatic rings. The average Bonchev–Trinajstić information content (AvgIpc) is 2.79. The zero-order chi connectivity index (χ0) is 19.2. The van der Waals surface area contributed by atoms with Crippen LogP contribution in [0.2, 0.25) is 0 Å². The maximum atomic E-state index is 10.5. The standard InChI is InChI=1S/C21H23ClN2O3/c22-17-14-19-16(13-20(17)25)9-8-15-5-1-2-6-18(15)24(19)12-4-11-23-10-3-7-21(26)27/h1-3,5-7,9,14,23,25H,4,8,10-13H2,(H,26,27)/b7-3+. The molecule has 3 N–H and O–H groups in total. The number of carbonyl (C=O) groups is 1. The monoisotopic (exact) mass is 386 g/mol. The first kappa shape index (κ1) is 19.3. The topological polar surface area (TPSA) is 72.8 Å². The molecular formula is C21H23ClN2O3. The van der Waals surface area contributed by atoms with Crippen LogP contribution in [0.1, 0.15) is 18.4 Å². The number of aliphatic carboxylic acids is 1. The maximum Gasteiger partial charge on any atom is 0.328 e. The molecule has 0 unspecified atom stereocenters. The second-order valence-electron chi connectivity index (χ2n) is 6.51. The zero-order valence-corrected chi connectivity index (χ0v) is 15.7. The first-order valence-corrected chi connectivity index (χ1v) is 9.38. The Morgan fingerprint density at radius 3 is 2.96 bits per heavy atom. The van der Waals surface area contributed by atoms with Gasteiger partial charge in [0, 0.05) is 37.0 Å². The summed E-state index contributed by atoms with van der Waals surface area (Å²) in [6.07, 6.45) is 8.91. The number of para-hydroxylation sites is 1. The number of hydrogen-bond donors (Lipinski definition) is 3. The van der Waals surface area contributed by atoms with Gasteiger partial charge >= 0.3 is 5.97 Å². The molecule has 27 heavy (non-hydrogen) atoms. The van der Waals surface area contributed by atoms with Crippen molar-refractivity contribution in [1.29, 1.82) is 0 Å². The van der Waals surface area contributed by atoms with E-state index in [4.69, 9.17) is 16.7 Å². The van der Waals surface area contributed by atoms with E-state index in [2.05, 4.69) is 28.4 Å². The summed E-state index contributed by atoms with van der Waals surface area (Å²) in [4.78, 5) is 12.7. The van der Waals surface area contributed by atoms with Gasteiger partial charge in [-0.1, -0.05) is 42.0 Å². The molecule has 0 radical (unpaired) electrons. The molecule has 0 amide bonds. The fraction of sp³-hybridized carbons (Fsp3) is 0.286. The Hall–Kier alpha value is -2.50. The number of rotatable bonds is 7. The number of benzene rings is 1. The number of allylic oxidation sites excluding steroid dienone is 5. The normalized spacial score (nSPS) is 16.6. The Morgan fingerprint density at radius 2 is 2.15 bits per heavy atom. The van der Waals surface area contributed by atoms with Gasteiger partial charge in [0.1, 0.15) is 5.76 Å². The van der Waals surface area contributed by atoms with E-state index in [1.165, 1.54) is 5.56 Å². The van der Waals surface area contributed by atoms with Crippen molar-refractivity contribution < 1.29 is 15.0 Å². The summed E-state index contributed by atoms with van der Waals surface area (Å²) in [6.45, 7) is 2.09. The Balaban J connectivity index is 1.73. The molecular weight excluding hydrogens is 364 g/mol. The van der Waals surface area contributed by atoms with Crippen molar-refractivity contribution in [3.05, 3.63) is 76.2 Å². The van der Waals surface area contributed by atoms with Crippen LogP contribution in [0.25, 0.3) is 0 Å². The Labute approximate surface area is 163 Å². The predicted octanol–water partition coefficient (Wildman–Crippen LogP) is 3.89. The Kier molecular flexibility index (Phi) is 6.37. The Bertz CT molecular complexity index is 840. The summed E-state index contributed by atoms with van der Waals surface area (Å²) in [5.41, 5.74) is 4.53. The van der Waals surface area contributed by atoms with E-state index in [1.54, 1.807) is 6.08 Å². The number of carboxylic acid groups (broad SMARTS) is 1. The number of nitrogens with zero attached hydrogens (tertiary/aromatic N) is 1. The van der Waals surface area contributed by atoms with Crippen LogP contribution in [0.5, 0.6) is 0 Å². The molecule has 3 rings (SSSR count). The minimum Gasteiger partial charge on any atom is -0.510 e. The SMILES string of the molecule is O=C(O)/C=C/CNCCCN1C2=CC(Cl)=C(O)CC2=CCc2ccccc21. The van der Waals surface area contributed by atoms with E-state index in [1.807, 2.05) is 18.2 Å². The first-order valence-electron chi connectivity index (χ1n) is 9.00. The lowest BCUT2D eigenvalue weighted by molar-refractivity contribution is -0.131. The van der Waals surface area contributed by atoms with Crippen LogP contribution in [0.3, 0.4) is 0 Å². The first-order chi connectivity index (χ1) is 13.1. The van der Waals surface area contributed by atoms with Gasteiger partial charge in [-0.2, -0.15) is 0 Å². The molecule has 0 aromatic heterocycles. The third kappa shape index (κ3) is 4.81. The van der Waals surface area contributed by atoms with Gasteiger partial charge in [-0.15, -0.1) is 0 Å².